The van der Waals surface area contributed by atoms with Gasteiger partial charge in [0.2, 0.25) is 5.91 Å². The van der Waals surface area contributed by atoms with E-state index < -0.39 is 9.84 Å². The van der Waals surface area contributed by atoms with E-state index in [1.807, 2.05) is 42.5 Å². The summed E-state index contributed by atoms with van der Waals surface area (Å²) >= 11 is 0. The number of benzene rings is 2. The highest BCUT2D eigenvalue weighted by Gasteiger charge is 2.22. The Hall–Kier alpha value is -2.75. The summed E-state index contributed by atoms with van der Waals surface area (Å²) in [6.07, 6.45) is 1.07. The van der Waals surface area contributed by atoms with E-state index in [0.717, 1.165) is 25.2 Å². The van der Waals surface area contributed by atoms with Crippen LogP contribution < -0.4 is 5.32 Å². The van der Waals surface area contributed by atoms with Crippen LogP contribution in [0.5, 0.6) is 0 Å². The van der Waals surface area contributed by atoms with Crippen molar-refractivity contribution in [2.45, 2.75) is 24.9 Å². The summed E-state index contributed by atoms with van der Waals surface area (Å²) in [7, 11) is -3.29. The highest BCUT2D eigenvalue weighted by molar-refractivity contribution is 7.89. The average Bonchev–Trinajstić information content (AvgIpc) is 3.08. The van der Waals surface area contributed by atoms with Gasteiger partial charge in [-0.15, -0.1) is 0 Å². The van der Waals surface area contributed by atoms with Crippen molar-refractivity contribution in [1.82, 2.24) is 19.8 Å². The molecule has 1 fully saturated rings. The fourth-order valence-corrected chi connectivity index (χ4v) is 4.65. The highest BCUT2D eigenvalue weighted by Crippen LogP contribution is 2.17. The van der Waals surface area contributed by atoms with Gasteiger partial charge in [-0.25, -0.2) is 13.4 Å². The van der Waals surface area contributed by atoms with Crippen LogP contribution in [0.15, 0.2) is 54.6 Å². The molecular formula is C23H28N4O4S. The molecule has 1 amide bonds. The lowest BCUT2D eigenvalue weighted by Crippen LogP contribution is -2.47. The number of morpholine rings is 1. The fourth-order valence-electron chi connectivity index (χ4n) is 3.96. The van der Waals surface area contributed by atoms with Crippen molar-refractivity contribution in [2.75, 3.05) is 32.5 Å². The lowest BCUT2D eigenvalue weighted by molar-refractivity contribution is -0.122. The monoisotopic (exact) mass is 456 g/mol. The Morgan fingerprint density at radius 2 is 1.91 bits per heavy atom. The quantitative estimate of drug-likeness (QED) is 0.553. The third-order valence-electron chi connectivity index (χ3n) is 5.43. The van der Waals surface area contributed by atoms with E-state index in [1.165, 1.54) is 11.8 Å². The first-order valence-electron chi connectivity index (χ1n) is 10.6. The van der Waals surface area contributed by atoms with Crippen molar-refractivity contribution in [3.63, 3.8) is 0 Å². The molecule has 0 spiro atoms. The molecule has 1 aliphatic rings. The lowest BCUT2D eigenvalue weighted by Gasteiger charge is -2.33. The molecular weight excluding hydrogens is 428 g/mol. The second-order valence-electron chi connectivity index (χ2n) is 8.19. The maximum atomic E-state index is 12.7. The highest BCUT2D eigenvalue weighted by atomic mass is 32.2. The van der Waals surface area contributed by atoms with Crippen LogP contribution in [0, 0.1) is 0 Å². The molecule has 2 aromatic carbocycles. The molecule has 1 aromatic heterocycles. The predicted octanol–water partition coefficient (Wildman–Crippen LogP) is 1.60. The largest absolute Gasteiger partial charge is 0.374 e. The molecule has 4 rings (SSSR count). The summed E-state index contributed by atoms with van der Waals surface area (Å²) in [5.41, 5.74) is 2.66. The van der Waals surface area contributed by atoms with Gasteiger partial charge in [-0.3, -0.25) is 9.69 Å². The lowest BCUT2D eigenvalue weighted by atomic mass is 10.2. The van der Waals surface area contributed by atoms with E-state index in [-0.39, 0.29) is 24.3 Å². The maximum Gasteiger partial charge on any atom is 0.240 e. The number of hydrogen-bond acceptors (Lipinski definition) is 6. The van der Waals surface area contributed by atoms with Gasteiger partial charge in [0.1, 0.15) is 18.1 Å². The van der Waals surface area contributed by atoms with Crippen molar-refractivity contribution < 1.29 is 17.9 Å². The van der Waals surface area contributed by atoms with Crippen LogP contribution >= 0.6 is 0 Å². The first kappa shape index (κ1) is 22.4. The maximum absolute atomic E-state index is 12.7. The number of hydrogen-bond donors (Lipinski definition) is 1. The van der Waals surface area contributed by atoms with Crippen molar-refractivity contribution >= 4 is 26.8 Å². The summed E-state index contributed by atoms with van der Waals surface area (Å²) in [6, 6.07) is 17.6. The van der Waals surface area contributed by atoms with Crippen molar-refractivity contribution in [2.24, 2.45) is 0 Å². The molecule has 3 aromatic rings. The number of rotatable bonds is 8. The Morgan fingerprint density at radius 1 is 1.16 bits per heavy atom. The van der Waals surface area contributed by atoms with Crippen LogP contribution in [-0.2, 0) is 38.2 Å². The SMILES string of the molecule is CS(=O)(=O)Cc1nc2ccccc2n1CC(=O)NCC1CN(Cc2ccccc2)CCO1. The van der Waals surface area contributed by atoms with Gasteiger partial charge in [-0.1, -0.05) is 42.5 Å². The minimum absolute atomic E-state index is 0.00577. The number of carbonyl (C=O) groups is 1. The van der Waals surface area contributed by atoms with E-state index in [2.05, 4.69) is 27.3 Å². The number of carbonyl (C=O) groups excluding carboxylic acids is 1. The zero-order valence-electron chi connectivity index (χ0n) is 18.1. The molecule has 0 saturated carbocycles. The van der Waals surface area contributed by atoms with Crippen LogP contribution in [0.1, 0.15) is 11.4 Å². The topological polar surface area (TPSA) is 93.5 Å². The number of para-hydroxylation sites is 2. The van der Waals surface area contributed by atoms with Crippen LogP contribution in [0.4, 0.5) is 0 Å². The zero-order chi connectivity index (χ0) is 22.6. The number of sulfone groups is 1. The number of aromatic nitrogens is 2. The summed E-state index contributed by atoms with van der Waals surface area (Å²) in [4.78, 5) is 19.5. The van der Waals surface area contributed by atoms with Crippen LogP contribution in [0.2, 0.25) is 0 Å². The van der Waals surface area contributed by atoms with Gasteiger partial charge < -0.3 is 14.6 Å². The van der Waals surface area contributed by atoms with Crippen molar-refractivity contribution in [1.29, 1.82) is 0 Å². The fraction of sp³-hybridized carbons (Fsp3) is 0.391. The van der Waals surface area contributed by atoms with Gasteiger partial charge in [0.15, 0.2) is 9.84 Å². The number of nitrogens with one attached hydrogen (secondary N) is 1. The Kier molecular flexibility index (Phi) is 6.88. The number of nitrogens with zero attached hydrogens (tertiary/aromatic N) is 3. The number of ether oxygens (including phenoxy) is 1. The van der Waals surface area contributed by atoms with Gasteiger partial charge in [0.05, 0.1) is 23.7 Å². The molecule has 0 radical (unpaired) electrons. The summed E-state index contributed by atoms with van der Waals surface area (Å²) in [6.45, 7) is 3.48. The van der Waals surface area contributed by atoms with Gasteiger partial charge in [0, 0.05) is 32.4 Å². The number of fused-ring (bicyclic) bond motifs is 1. The molecule has 1 saturated heterocycles. The smallest absolute Gasteiger partial charge is 0.240 e. The number of amides is 1. The minimum atomic E-state index is -3.29. The molecule has 9 heteroatoms. The summed E-state index contributed by atoms with van der Waals surface area (Å²) in [5, 5.41) is 2.94. The van der Waals surface area contributed by atoms with E-state index in [4.69, 9.17) is 4.74 Å². The molecule has 8 nitrogen and oxygen atoms in total. The Labute approximate surface area is 188 Å². The molecule has 2 heterocycles. The zero-order valence-corrected chi connectivity index (χ0v) is 18.9. The first-order chi connectivity index (χ1) is 15.4. The second-order valence-corrected chi connectivity index (χ2v) is 10.3. The Bertz CT molecular complexity index is 1180. The molecule has 1 atom stereocenters. The van der Waals surface area contributed by atoms with Crippen LogP contribution in [0.3, 0.4) is 0 Å². The normalized spacial score (nSPS) is 17.5. The number of imidazole rings is 1. The van der Waals surface area contributed by atoms with Crippen molar-refractivity contribution in [3.05, 3.63) is 66.0 Å². The molecule has 1 N–H and O–H groups in total. The summed E-state index contributed by atoms with van der Waals surface area (Å²) < 4.78 is 31.2. The van der Waals surface area contributed by atoms with E-state index >= 15 is 0 Å². The predicted molar refractivity (Wildman–Crippen MR) is 123 cm³/mol. The second kappa shape index (κ2) is 9.81. The average molecular weight is 457 g/mol. The Balaban J connectivity index is 1.37. The standard InChI is InChI=1S/C23H28N4O4S/c1-32(29,30)17-22-25-20-9-5-6-10-21(20)27(22)16-23(28)24-13-19-15-26(11-12-31-19)14-18-7-3-2-4-8-18/h2-10,19H,11-17H2,1H3,(H,24,28). The van der Waals surface area contributed by atoms with Gasteiger partial charge in [-0.2, -0.15) is 0 Å². The summed E-state index contributed by atoms with van der Waals surface area (Å²) in [5.74, 6) is -0.0479. The first-order valence-corrected chi connectivity index (χ1v) is 12.7. The molecule has 170 valence electrons. The Morgan fingerprint density at radius 3 is 2.69 bits per heavy atom. The molecule has 1 aliphatic heterocycles. The van der Waals surface area contributed by atoms with E-state index in [9.17, 15) is 13.2 Å². The van der Waals surface area contributed by atoms with E-state index in [1.54, 1.807) is 4.57 Å². The van der Waals surface area contributed by atoms with Crippen LogP contribution in [0.25, 0.3) is 11.0 Å². The third-order valence-corrected chi connectivity index (χ3v) is 6.21. The van der Waals surface area contributed by atoms with Crippen LogP contribution in [-0.4, -0.2) is 67.4 Å². The van der Waals surface area contributed by atoms with Gasteiger partial charge in [-0.05, 0) is 17.7 Å². The molecule has 1 unspecified atom stereocenters. The van der Waals surface area contributed by atoms with Gasteiger partial charge >= 0.3 is 0 Å². The van der Waals surface area contributed by atoms with Gasteiger partial charge in [0.25, 0.3) is 0 Å². The third kappa shape index (κ3) is 5.93. The molecule has 0 aliphatic carbocycles. The molecule has 0 bridgehead atoms. The van der Waals surface area contributed by atoms with Crippen molar-refractivity contribution in [3.8, 4) is 0 Å². The minimum Gasteiger partial charge on any atom is -0.374 e. The molecule has 32 heavy (non-hydrogen) atoms. The van der Waals surface area contributed by atoms with E-state index in [0.29, 0.717) is 24.5 Å².